The number of anilines is 1. The highest BCUT2D eigenvalue weighted by molar-refractivity contribution is 6.33. The van der Waals surface area contributed by atoms with Crippen LogP contribution in [-0.4, -0.2) is 68.0 Å². The fourth-order valence-corrected chi connectivity index (χ4v) is 5.56. The summed E-state index contributed by atoms with van der Waals surface area (Å²) >= 11 is 6.36. The lowest BCUT2D eigenvalue weighted by atomic mass is 9.94. The van der Waals surface area contributed by atoms with E-state index in [0.29, 0.717) is 31.7 Å². The number of hydrogen-bond donors (Lipinski definition) is 0. The van der Waals surface area contributed by atoms with Gasteiger partial charge in [-0.1, -0.05) is 48.0 Å². The van der Waals surface area contributed by atoms with E-state index in [1.165, 1.54) is 0 Å². The van der Waals surface area contributed by atoms with E-state index in [0.717, 1.165) is 53.2 Å². The molecule has 2 amide bonds. The van der Waals surface area contributed by atoms with Crippen LogP contribution in [-0.2, 0) is 4.79 Å². The molecular formula is C28H30ClN3O3. The molecule has 0 aliphatic carbocycles. The third-order valence-electron chi connectivity index (χ3n) is 7.18. The largest absolute Gasteiger partial charge is 0.496 e. The summed E-state index contributed by atoms with van der Waals surface area (Å²) in [7, 11) is 1.64. The molecule has 2 aliphatic heterocycles. The van der Waals surface area contributed by atoms with E-state index in [1.807, 2.05) is 70.5 Å². The molecule has 1 unspecified atom stereocenters. The quantitative estimate of drug-likeness (QED) is 0.530. The molecule has 2 heterocycles. The highest BCUT2D eigenvalue weighted by Gasteiger charge is 2.33. The summed E-state index contributed by atoms with van der Waals surface area (Å²) in [5.41, 5.74) is 1.67. The highest BCUT2D eigenvalue weighted by atomic mass is 35.5. The molecule has 2 saturated heterocycles. The number of piperazine rings is 1. The summed E-state index contributed by atoms with van der Waals surface area (Å²) in [6, 6.07) is 19.3. The number of halogens is 1. The summed E-state index contributed by atoms with van der Waals surface area (Å²) in [5.74, 6) is 0.717. The molecule has 0 N–H and O–H groups in total. The fourth-order valence-electron chi connectivity index (χ4n) is 5.30. The maximum atomic E-state index is 13.5. The first-order valence-electron chi connectivity index (χ1n) is 12.2. The van der Waals surface area contributed by atoms with Crippen molar-refractivity contribution in [3.63, 3.8) is 0 Å². The summed E-state index contributed by atoms with van der Waals surface area (Å²) in [6.07, 6.45) is 1.65. The van der Waals surface area contributed by atoms with Gasteiger partial charge in [-0.3, -0.25) is 9.59 Å². The Labute approximate surface area is 211 Å². The number of carbonyl (C=O) groups excluding carboxylic acids is 2. The Morgan fingerprint density at radius 1 is 0.857 bits per heavy atom. The number of ether oxygens (including phenoxy) is 1. The lowest BCUT2D eigenvalue weighted by molar-refractivity contribution is -0.137. The third-order valence-corrected chi connectivity index (χ3v) is 7.50. The van der Waals surface area contributed by atoms with Crippen molar-refractivity contribution < 1.29 is 14.3 Å². The Morgan fingerprint density at radius 3 is 2.31 bits per heavy atom. The topological polar surface area (TPSA) is 53.1 Å². The highest BCUT2D eigenvalue weighted by Crippen LogP contribution is 2.31. The molecule has 35 heavy (non-hydrogen) atoms. The normalized spacial score (nSPS) is 18.6. The van der Waals surface area contributed by atoms with Crippen LogP contribution in [0.5, 0.6) is 5.75 Å². The summed E-state index contributed by atoms with van der Waals surface area (Å²) in [4.78, 5) is 33.0. The van der Waals surface area contributed by atoms with Gasteiger partial charge in [0.15, 0.2) is 0 Å². The number of rotatable bonds is 4. The molecule has 0 saturated carbocycles. The zero-order valence-electron chi connectivity index (χ0n) is 20.0. The number of methoxy groups -OCH3 is 1. The predicted octanol–water partition coefficient (Wildman–Crippen LogP) is 4.70. The van der Waals surface area contributed by atoms with Crippen LogP contribution in [0.1, 0.15) is 23.2 Å². The molecule has 5 rings (SSSR count). The molecule has 1 atom stereocenters. The average Bonchev–Trinajstić information content (AvgIpc) is 2.92. The minimum absolute atomic E-state index is 0.0232. The Bertz CT molecular complexity index is 1240. The second kappa shape index (κ2) is 10.2. The van der Waals surface area contributed by atoms with Gasteiger partial charge in [-0.2, -0.15) is 0 Å². The molecule has 182 valence electrons. The van der Waals surface area contributed by atoms with Gasteiger partial charge in [0.2, 0.25) is 5.91 Å². The van der Waals surface area contributed by atoms with Crippen LogP contribution >= 0.6 is 11.6 Å². The van der Waals surface area contributed by atoms with E-state index in [9.17, 15) is 9.59 Å². The van der Waals surface area contributed by atoms with E-state index < -0.39 is 0 Å². The number of carbonyl (C=O) groups is 2. The van der Waals surface area contributed by atoms with Gasteiger partial charge in [0, 0.05) is 50.2 Å². The fraction of sp³-hybridized carbons (Fsp3) is 0.357. The van der Waals surface area contributed by atoms with Gasteiger partial charge in [-0.25, -0.2) is 0 Å². The van der Waals surface area contributed by atoms with E-state index >= 15 is 0 Å². The van der Waals surface area contributed by atoms with E-state index in [2.05, 4.69) is 4.90 Å². The molecule has 3 aromatic rings. The van der Waals surface area contributed by atoms with Crippen molar-refractivity contribution in [1.82, 2.24) is 9.80 Å². The minimum atomic E-state index is -0.163. The van der Waals surface area contributed by atoms with Crippen LogP contribution in [0.3, 0.4) is 0 Å². The van der Waals surface area contributed by atoms with Crippen molar-refractivity contribution in [1.29, 1.82) is 0 Å². The molecule has 0 radical (unpaired) electrons. The van der Waals surface area contributed by atoms with Crippen LogP contribution in [0.4, 0.5) is 5.69 Å². The first kappa shape index (κ1) is 23.5. The SMILES string of the molecule is COc1ccc(C(=O)N2CCCC(C(=O)N3CCN(c4ccccc4Cl)CC3)C2)c2ccccc12. The molecule has 2 aliphatic rings. The molecule has 0 aromatic heterocycles. The molecule has 0 bridgehead atoms. The number of piperidine rings is 1. The van der Waals surface area contributed by atoms with Gasteiger partial charge in [-0.05, 0) is 42.5 Å². The van der Waals surface area contributed by atoms with Crippen molar-refractivity contribution in [3.05, 3.63) is 71.2 Å². The van der Waals surface area contributed by atoms with Crippen LogP contribution in [0, 0.1) is 5.92 Å². The number of hydrogen-bond acceptors (Lipinski definition) is 4. The Kier molecular flexibility index (Phi) is 6.82. The zero-order chi connectivity index (χ0) is 24.4. The van der Waals surface area contributed by atoms with Crippen molar-refractivity contribution in [2.24, 2.45) is 5.92 Å². The number of para-hydroxylation sites is 1. The second-order valence-corrected chi connectivity index (χ2v) is 9.62. The maximum Gasteiger partial charge on any atom is 0.254 e. The summed E-state index contributed by atoms with van der Waals surface area (Å²) in [5, 5.41) is 2.53. The molecule has 0 spiro atoms. The average molecular weight is 492 g/mol. The van der Waals surface area contributed by atoms with Crippen molar-refractivity contribution >= 4 is 39.9 Å². The van der Waals surface area contributed by atoms with Crippen molar-refractivity contribution in [2.75, 3.05) is 51.3 Å². The standard InChI is InChI=1S/C28H30ClN3O3/c1-35-26-13-12-23(21-8-2-3-9-22(21)26)28(34)32-14-6-7-20(19-32)27(33)31-17-15-30(16-18-31)25-11-5-4-10-24(25)29/h2-5,8-13,20H,6-7,14-19H2,1H3. The van der Waals surface area contributed by atoms with Crippen LogP contribution < -0.4 is 9.64 Å². The smallest absolute Gasteiger partial charge is 0.254 e. The zero-order valence-corrected chi connectivity index (χ0v) is 20.7. The molecule has 7 heteroatoms. The van der Waals surface area contributed by atoms with Crippen LogP contribution in [0.2, 0.25) is 5.02 Å². The first-order valence-corrected chi connectivity index (χ1v) is 12.6. The van der Waals surface area contributed by atoms with E-state index in [-0.39, 0.29) is 17.7 Å². The number of benzene rings is 3. The van der Waals surface area contributed by atoms with Crippen LogP contribution in [0.25, 0.3) is 10.8 Å². The van der Waals surface area contributed by atoms with Gasteiger partial charge >= 0.3 is 0 Å². The Balaban J connectivity index is 1.26. The van der Waals surface area contributed by atoms with Crippen molar-refractivity contribution in [2.45, 2.75) is 12.8 Å². The number of likely N-dealkylation sites (tertiary alicyclic amines) is 1. The van der Waals surface area contributed by atoms with Gasteiger partial charge in [0.25, 0.3) is 5.91 Å². The van der Waals surface area contributed by atoms with Crippen molar-refractivity contribution in [3.8, 4) is 5.75 Å². The number of amides is 2. The molecule has 2 fully saturated rings. The first-order chi connectivity index (χ1) is 17.1. The minimum Gasteiger partial charge on any atom is -0.496 e. The van der Waals surface area contributed by atoms with Gasteiger partial charge in [0.05, 0.1) is 23.7 Å². The lowest BCUT2D eigenvalue weighted by Gasteiger charge is -2.40. The monoisotopic (exact) mass is 491 g/mol. The predicted molar refractivity (Wildman–Crippen MR) is 139 cm³/mol. The number of nitrogens with zero attached hydrogens (tertiary/aromatic N) is 3. The van der Waals surface area contributed by atoms with Crippen LogP contribution in [0.15, 0.2) is 60.7 Å². The van der Waals surface area contributed by atoms with E-state index in [1.54, 1.807) is 7.11 Å². The Hall–Kier alpha value is -3.25. The van der Waals surface area contributed by atoms with Gasteiger partial charge < -0.3 is 19.4 Å². The maximum absolute atomic E-state index is 13.5. The van der Waals surface area contributed by atoms with E-state index in [4.69, 9.17) is 16.3 Å². The Morgan fingerprint density at radius 2 is 1.57 bits per heavy atom. The summed E-state index contributed by atoms with van der Waals surface area (Å²) < 4.78 is 5.48. The second-order valence-electron chi connectivity index (χ2n) is 9.22. The summed E-state index contributed by atoms with van der Waals surface area (Å²) in [6.45, 7) is 3.96. The number of fused-ring (bicyclic) bond motifs is 1. The molecule has 6 nitrogen and oxygen atoms in total. The lowest BCUT2D eigenvalue weighted by Crippen LogP contribution is -2.53. The molecular weight excluding hydrogens is 462 g/mol. The third kappa shape index (κ3) is 4.67. The van der Waals surface area contributed by atoms with Gasteiger partial charge in [-0.15, -0.1) is 0 Å². The molecule has 3 aromatic carbocycles. The van der Waals surface area contributed by atoms with Gasteiger partial charge in [0.1, 0.15) is 5.75 Å².